The van der Waals surface area contributed by atoms with Crippen LogP contribution in [0.1, 0.15) is 66.4 Å². The van der Waals surface area contributed by atoms with Crippen LogP contribution < -0.4 is 16.0 Å². The maximum absolute atomic E-state index is 13.1. The van der Waals surface area contributed by atoms with Gasteiger partial charge in [-0.05, 0) is 42.6 Å². The molecule has 10 heteroatoms. The lowest BCUT2D eigenvalue weighted by Gasteiger charge is -2.27. The van der Waals surface area contributed by atoms with E-state index in [9.17, 15) is 24.4 Å². The smallest absolute Gasteiger partial charge is 0.445 e. The molecule has 9 nitrogen and oxygen atoms in total. The van der Waals surface area contributed by atoms with Crippen LogP contribution in [-0.2, 0) is 20.9 Å². The molecule has 1 aromatic carbocycles. The standard InChI is InChI=1S/C25H42BN3O6/c1-16(2)12-20(24(31)29-22(26(33)34)14-18(5)6)27-23(30)21(13-17(3)4)28-25(32)35-15-19-10-8-7-9-11-19/h7-11,16-18,20-22,33-34H,12-15H2,1-6H3,(H,27,30)(H,28,32)(H,29,31)/t20-,21-,22-/m1/s1. The predicted octanol–water partition coefficient (Wildman–Crippen LogP) is 2.40. The van der Waals surface area contributed by atoms with Crippen molar-refractivity contribution in [3.05, 3.63) is 35.9 Å². The van der Waals surface area contributed by atoms with E-state index in [0.29, 0.717) is 19.3 Å². The van der Waals surface area contributed by atoms with Gasteiger partial charge in [0.25, 0.3) is 0 Å². The summed E-state index contributed by atoms with van der Waals surface area (Å²) in [6, 6.07) is 7.42. The molecule has 0 fully saturated rings. The third kappa shape index (κ3) is 12.6. The number of amides is 3. The summed E-state index contributed by atoms with van der Waals surface area (Å²) in [7, 11) is -1.72. The highest BCUT2D eigenvalue weighted by atomic mass is 16.5. The van der Waals surface area contributed by atoms with Crippen molar-refractivity contribution in [2.45, 2.75) is 85.4 Å². The van der Waals surface area contributed by atoms with E-state index in [0.717, 1.165) is 5.56 Å². The molecule has 0 heterocycles. The van der Waals surface area contributed by atoms with Crippen molar-refractivity contribution < 1.29 is 29.2 Å². The molecule has 0 saturated heterocycles. The maximum Gasteiger partial charge on any atom is 0.475 e. The van der Waals surface area contributed by atoms with Crippen LogP contribution in [0.15, 0.2) is 30.3 Å². The van der Waals surface area contributed by atoms with Crippen LogP contribution in [0.3, 0.4) is 0 Å². The zero-order chi connectivity index (χ0) is 26.5. The summed E-state index contributed by atoms with van der Waals surface area (Å²) in [6.07, 6.45) is 0.352. The minimum absolute atomic E-state index is 0.0712. The van der Waals surface area contributed by atoms with Crippen molar-refractivity contribution in [3.8, 4) is 0 Å². The molecule has 0 bridgehead atoms. The summed E-state index contributed by atoms with van der Waals surface area (Å²) >= 11 is 0. The van der Waals surface area contributed by atoms with E-state index in [1.807, 2.05) is 71.9 Å². The number of hydrogen-bond acceptors (Lipinski definition) is 6. The highest BCUT2D eigenvalue weighted by molar-refractivity contribution is 6.43. The van der Waals surface area contributed by atoms with Gasteiger partial charge in [0.1, 0.15) is 18.7 Å². The number of carbonyl (C=O) groups is 3. The molecule has 0 radical (unpaired) electrons. The third-order valence-electron chi connectivity index (χ3n) is 5.28. The molecular formula is C25H42BN3O6. The van der Waals surface area contributed by atoms with Gasteiger partial charge in [-0.2, -0.15) is 0 Å². The van der Waals surface area contributed by atoms with Crippen LogP contribution in [0.25, 0.3) is 0 Å². The number of ether oxygens (including phenoxy) is 1. The van der Waals surface area contributed by atoms with Gasteiger partial charge in [0, 0.05) is 0 Å². The van der Waals surface area contributed by atoms with Crippen LogP contribution in [0, 0.1) is 17.8 Å². The van der Waals surface area contributed by atoms with E-state index >= 15 is 0 Å². The predicted molar refractivity (Wildman–Crippen MR) is 136 cm³/mol. The van der Waals surface area contributed by atoms with E-state index < -0.39 is 43.1 Å². The minimum Gasteiger partial charge on any atom is -0.445 e. The van der Waals surface area contributed by atoms with Crippen molar-refractivity contribution >= 4 is 25.0 Å². The highest BCUT2D eigenvalue weighted by Gasteiger charge is 2.32. The summed E-state index contributed by atoms with van der Waals surface area (Å²) < 4.78 is 5.26. The van der Waals surface area contributed by atoms with Gasteiger partial charge in [-0.1, -0.05) is 71.9 Å². The molecule has 3 amide bonds. The lowest BCUT2D eigenvalue weighted by molar-refractivity contribution is -0.130. The molecule has 0 unspecified atom stereocenters. The van der Waals surface area contributed by atoms with Gasteiger partial charge in [0.05, 0.1) is 5.94 Å². The number of carbonyl (C=O) groups excluding carboxylic acids is 3. The summed E-state index contributed by atoms with van der Waals surface area (Å²) in [5.74, 6) is -1.55. The fourth-order valence-electron chi connectivity index (χ4n) is 3.63. The Kier molecular flexibility index (Phi) is 13.4. The second-order valence-corrected chi connectivity index (χ2v) is 10.2. The fraction of sp³-hybridized carbons (Fsp3) is 0.640. The molecule has 0 aliphatic carbocycles. The summed E-state index contributed by atoms with van der Waals surface area (Å²) in [5, 5.41) is 27.3. The van der Waals surface area contributed by atoms with Gasteiger partial charge in [-0.3, -0.25) is 9.59 Å². The quantitative estimate of drug-likeness (QED) is 0.254. The van der Waals surface area contributed by atoms with Crippen molar-refractivity contribution in [1.29, 1.82) is 0 Å². The Balaban J connectivity index is 2.87. The van der Waals surface area contributed by atoms with Gasteiger partial charge in [-0.25, -0.2) is 4.79 Å². The van der Waals surface area contributed by atoms with Crippen LogP contribution in [-0.4, -0.2) is 53.1 Å². The van der Waals surface area contributed by atoms with E-state index in [1.54, 1.807) is 0 Å². The largest absolute Gasteiger partial charge is 0.475 e. The monoisotopic (exact) mass is 491 g/mol. The molecule has 0 aliphatic heterocycles. The van der Waals surface area contributed by atoms with Crippen LogP contribution in [0.2, 0.25) is 0 Å². The summed E-state index contributed by atoms with van der Waals surface area (Å²) in [4.78, 5) is 38.5. The molecule has 0 aliphatic rings. The molecule has 1 rings (SSSR count). The van der Waals surface area contributed by atoms with Crippen LogP contribution in [0.4, 0.5) is 4.79 Å². The number of nitrogens with one attached hydrogen (secondary N) is 3. The molecule has 5 N–H and O–H groups in total. The third-order valence-corrected chi connectivity index (χ3v) is 5.28. The second kappa shape index (κ2) is 15.4. The van der Waals surface area contributed by atoms with Gasteiger partial charge in [0.15, 0.2) is 0 Å². The molecular weight excluding hydrogens is 449 g/mol. The minimum atomic E-state index is -1.72. The Morgan fingerprint density at radius 3 is 1.74 bits per heavy atom. The maximum atomic E-state index is 13.1. The first-order valence-electron chi connectivity index (χ1n) is 12.3. The average molecular weight is 491 g/mol. The Bertz CT molecular complexity index is 789. The molecule has 0 aromatic heterocycles. The van der Waals surface area contributed by atoms with Gasteiger partial charge in [0.2, 0.25) is 11.8 Å². The zero-order valence-electron chi connectivity index (χ0n) is 21.8. The van der Waals surface area contributed by atoms with Crippen molar-refractivity contribution in [1.82, 2.24) is 16.0 Å². The van der Waals surface area contributed by atoms with Gasteiger partial charge < -0.3 is 30.7 Å². The van der Waals surface area contributed by atoms with E-state index in [1.165, 1.54) is 0 Å². The van der Waals surface area contributed by atoms with Crippen molar-refractivity contribution in [3.63, 3.8) is 0 Å². The number of benzene rings is 1. The van der Waals surface area contributed by atoms with Gasteiger partial charge >= 0.3 is 13.2 Å². The second-order valence-electron chi connectivity index (χ2n) is 10.2. The first kappa shape index (κ1) is 30.4. The van der Waals surface area contributed by atoms with Gasteiger partial charge in [-0.15, -0.1) is 0 Å². The molecule has 35 heavy (non-hydrogen) atoms. The van der Waals surface area contributed by atoms with Crippen molar-refractivity contribution in [2.75, 3.05) is 0 Å². The number of alkyl carbamates (subject to hydrolysis) is 1. The first-order chi connectivity index (χ1) is 16.4. The first-order valence-corrected chi connectivity index (χ1v) is 12.3. The molecule has 0 spiro atoms. The Morgan fingerprint density at radius 1 is 0.771 bits per heavy atom. The average Bonchev–Trinajstić information content (AvgIpc) is 2.76. The van der Waals surface area contributed by atoms with Crippen LogP contribution >= 0.6 is 0 Å². The highest BCUT2D eigenvalue weighted by Crippen LogP contribution is 2.11. The Hall–Kier alpha value is -2.59. The van der Waals surface area contributed by atoms with E-state index in [4.69, 9.17) is 4.74 Å². The molecule has 0 saturated carbocycles. The summed E-state index contributed by atoms with van der Waals surface area (Å²) in [5.41, 5.74) is 0.822. The van der Waals surface area contributed by atoms with Crippen LogP contribution in [0.5, 0.6) is 0 Å². The Morgan fingerprint density at radius 2 is 1.26 bits per heavy atom. The van der Waals surface area contributed by atoms with E-state index in [2.05, 4.69) is 16.0 Å². The topological polar surface area (TPSA) is 137 Å². The van der Waals surface area contributed by atoms with E-state index in [-0.39, 0.29) is 24.4 Å². The molecule has 3 atom stereocenters. The Labute approximate surface area is 209 Å². The molecule has 196 valence electrons. The number of hydrogen-bond donors (Lipinski definition) is 5. The number of rotatable bonds is 14. The normalized spacial score (nSPS) is 13.8. The lowest BCUT2D eigenvalue weighted by Crippen LogP contribution is -2.57. The fourth-order valence-corrected chi connectivity index (χ4v) is 3.63. The summed E-state index contributed by atoms with van der Waals surface area (Å²) in [6.45, 7) is 11.6. The lowest BCUT2D eigenvalue weighted by atomic mass is 9.75. The molecule has 1 aromatic rings. The zero-order valence-corrected chi connectivity index (χ0v) is 21.8. The SMILES string of the molecule is CC(C)C[C@@H](NC(=O)[C@@H](CC(C)C)NC(=O)[C@@H](CC(C)C)NC(=O)OCc1ccccc1)B(O)O. The van der Waals surface area contributed by atoms with Crippen molar-refractivity contribution in [2.24, 2.45) is 17.8 Å².